The number of aryl methyl sites for hydroxylation is 1. The van der Waals surface area contributed by atoms with E-state index in [-0.39, 0.29) is 24.0 Å². The van der Waals surface area contributed by atoms with Crippen LogP contribution in [0.25, 0.3) is 0 Å². The van der Waals surface area contributed by atoms with Gasteiger partial charge in [-0.15, -0.1) is 24.0 Å². The first-order valence-electron chi connectivity index (χ1n) is 7.92. The number of hydrogen-bond acceptors (Lipinski definition) is 3. The van der Waals surface area contributed by atoms with Crippen LogP contribution in [0, 0.1) is 0 Å². The first kappa shape index (κ1) is 20.3. The molecule has 0 aliphatic carbocycles. The Morgan fingerprint density at radius 1 is 1.25 bits per heavy atom. The maximum atomic E-state index is 5.16. The summed E-state index contributed by atoms with van der Waals surface area (Å²) in [5.74, 6) is 1.70. The lowest BCUT2D eigenvalue weighted by molar-refractivity contribution is 0.414. The molecule has 0 fully saturated rings. The maximum absolute atomic E-state index is 5.16. The van der Waals surface area contributed by atoms with Gasteiger partial charge in [0.05, 0.1) is 20.0 Å². The largest absolute Gasteiger partial charge is 0.497 e. The summed E-state index contributed by atoms with van der Waals surface area (Å²) in [7, 11) is 1.67. The minimum atomic E-state index is 0. The van der Waals surface area contributed by atoms with Crippen LogP contribution in [0.15, 0.2) is 48.0 Å². The summed E-state index contributed by atoms with van der Waals surface area (Å²) in [5, 5.41) is 6.62. The van der Waals surface area contributed by atoms with E-state index in [4.69, 9.17) is 4.74 Å². The standard InChI is InChI=1S/C17H25N5O.HI/c1-3-19-17(20-9-4-11-22-12-10-18-14-22)21-13-15-5-7-16(23-2)8-6-15;/h5-8,10,12,14H,3-4,9,11,13H2,1-2H3,(H2,19,20,21);1H. The van der Waals surface area contributed by atoms with Crippen molar-refractivity contribution in [1.82, 2.24) is 20.2 Å². The first-order chi connectivity index (χ1) is 11.3. The topological polar surface area (TPSA) is 63.5 Å². The fourth-order valence-corrected chi connectivity index (χ4v) is 2.13. The molecule has 132 valence electrons. The molecule has 0 radical (unpaired) electrons. The molecule has 7 heteroatoms. The summed E-state index contributed by atoms with van der Waals surface area (Å²) < 4.78 is 7.24. The lowest BCUT2D eigenvalue weighted by Crippen LogP contribution is -2.38. The van der Waals surface area contributed by atoms with Crippen molar-refractivity contribution in [1.29, 1.82) is 0 Å². The third kappa shape index (κ3) is 7.20. The summed E-state index contributed by atoms with van der Waals surface area (Å²) in [4.78, 5) is 8.65. The number of methoxy groups -OCH3 is 1. The number of hydrogen-bond donors (Lipinski definition) is 2. The summed E-state index contributed by atoms with van der Waals surface area (Å²) >= 11 is 0. The number of aromatic nitrogens is 2. The Labute approximate surface area is 160 Å². The van der Waals surface area contributed by atoms with Crippen LogP contribution >= 0.6 is 24.0 Å². The Morgan fingerprint density at radius 2 is 2.04 bits per heavy atom. The number of rotatable bonds is 8. The highest BCUT2D eigenvalue weighted by Crippen LogP contribution is 2.11. The van der Waals surface area contributed by atoms with Gasteiger partial charge in [0.1, 0.15) is 5.75 Å². The molecule has 6 nitrogen and oxygen atoms in total. The molecule has 0 spiro atoms. The molecule has 1 aromatic heterocycles. The Bertz CT molecular complexity index is 584. The van der Waals surface area contributed by atoms with Crippen molar-refractivity contribution in [3.05, 3.63) is 48.5 Å². The number of guanidine groups is 1. The normalized spacial score (nSPS) is 10.8. The maximum Gasteiger partial charge on any atom is 0.191 e. The van der Waals surface area contributed by atoms with Crippen molar-refractivity contribution in [3.8, 4) is 5.75 Å². The van der Waals surface area contributed by atoms with Crippen LogP contribution in [-0.4, -0.2) is 35.7 Å². The molecule has 0 saturated carbocycles. The van der Waals surface area contributed by atoms with Gasteiger partial charge in [-0.3, -0.25) is 0 Å². The molecule has 0 aliphatic heterocycles. The van der Waals surface area contributed by atoms with Gasteiger partial charge in [0.15, 0.2) is 5.96 Å². The second-order valence-corrected chi connectivity index (χ2v) is 5.12. The van der Waals surface area contributed by atoms with E-state index in [0.29, 0.717) is 6.54 Å². The van der Waals surface area contributed by atoms with E-state index in [2.05, 4.69) is 32.1 Å². The van der Waals surface area contributed by atoms with Gasteiger partial charge >= 0.3 is 0 Å². The van der Waals surface area contributed by atoms with E-state index < -0.39 is 0 Å². The quantitative estimate of drug-likeness (QED) is 0.285. The van der Waals surface area contributed by atoms with E-state index in [1.54, 1.807) is 13.3 Å². The minimum absolute atomic E-state index is 0. The second kappa shape index (κ2) is 11.7. The van der Waals surface area contributed by atoms with Crippen molar-refractivity contribution in [2.45, 2.75) is 26.4 Å². The van der Waals surface area contributed by atoms with Crippen molar-refractivity contribution >= 4 is 29.9 Å². The number of nitrogens with zero attached hydrogens (tertiary/aromatic N) is 3. The number of imidazole rings is 1. The van der Waals surface area contributed by atoms with Crippen molar-refractivity contribution in [2.75, 3.05) is 20.2 Å². The summed E-state index contributed by atoms with van der Waals surface area (Å²) in [6.07, 6.45) is 6.63. The van der Waals surface area contributed by atoms with Crippen LogP contribution in [0.5, 0.6) is 5.75 Å². The van der Waals surface area contributed by atoms with E-state index in [1.165, 1.54) is 0 Å². The van der Waals surface area contributed by atoms with Crippen molar-refractivity contribution in [2.24, 2.45) is 4.99 Å². The molecular formula is C17H26IN5O. The molecule has 0 saturated heterocycles. The number of nitrogens with one attached hydrogen (secondary N) is 2. The van der Waals surface area contributed by atoms with Crippen LogP contribution in [-0.2, 0) is 13.1 Å². The number of benzene rings is 1. The molecule has 0 unspecified atom stereocenters. The number of ether oxygens (including phenoxy) is 1. The van der Waals surface area contributed by atoms with Crippen LogP contribution in [0.2, 0.25) is 0 Å². The molecule has 1 aromatic carbocycles. The van der Waals surface area contributed by atoms with Crippen LogP contribution < -0.4 is 15.4 Å². The van der Waals surface area contributed by atoms with Crippen molar-refractivity contribution < 1.29 is 4.74 Å². The lowest BCUT2D eigenvalue weighted by atomic mass is 10.2. The van der Waals surface area contributed by atoms with Gasteiger partial charge in [-0.1, -0.05) is 12.1 Å². The van der Waals surface area contributed by atoms with Gasteiger partial charge in [0, 0.05) is 32.0 Å². The zero-order chi connectivity index (χ0) is 16.3. The molecule has 0 bridgehead atoms. The molecule has 0 aliphatic rings. The van der Waals surface area contributed by atoms with Crippen LogP contribution in [0.3, 0.4) is 0 Å². The van der Waals surface area contributed by atoms with Gasteiger partial charge < -0.3 is 19.9 Å². The molecular weight excluding hydrogens is 417 g/mol. The SMILES string of the molecule is CCNC(=NCc1ccc(OC)cc1)NCCCn1ccnc1.I. The fourth-order valence-electron chi connectivity index (χ4n) is 2.13. The van der Waals surface area contributed by atoms with E-state index in [0.717, 1.165) is 43.3 Å². The Kier molecular flexibility index (Phi) is 9.90. The van der Waals surface area contributed by atoms with Crippen LogP contribution in [0.4, 0.5) is 0 Å². The predicted octanol–water partition coefficient (Wildman–Crippen LogP) is 2.66. The number of halogens is 1. The zero-order valence-electron chi connectivity index (χ0n) is 14.2. The van der Waals surface area contributed by atoms with Gasteiger partial charge in [0.25, 0.3) is 0 Å². The lowest BCUT2D eigenvalue weighted by Gasteiger charge is -2.11. The summed E-state index contributed by atoms with van der Waals surface area (Å²) in [6.45, 7) is 5.37. The predicted molar refractivity (Wildman–Crippen MR) is 108 cm³/mol. The molecule has 24 heavy (non-hydrogen) atoms. The average molecular weight is 443 g/mol. The van der Waals surface area contributed by atoms with Gasteiger partial charge in [-0.2, -0.15) is 0 Å². The van der Waals surface area contributed by atoms with Gasteiger partial charge in [0.2, 0.25) is 0 Å². The Balaban J connectivity index is 0.00000288. The molecule has 1 heterocycles. The number of aliphatic imine (C=N–C) groups is 1. The van der Waals surface area contributed by atoms with E-state index in [9.17, 15) is 0 Å². The molecule has 0 amide bonds. The highest BCUT2D eigenvalue weighted by molar-refractivity contribution is 14.0. The average Bonchev–Trinajstić information content (AvgIpc) is 3.10. The summed E-state index contributed by atoms with van der Waals surface area (Å²) in [6, 6.07) is 7.97. The van der Waals surface area contributed by atoms with Crippen molar-refractivity contribution in [3.63, 3.8) is 0 Å². The third-order valence-corrected chi connectivity index (χ3v) is 3.37. The highest BCUT2D eigenvalue weighted by atomic mass is 127. The monoisotopic (exact) mass is 443 g/mol. The minimum Gasteiger partial charge on any atom is -0.497 e. The Morgan fingerprint density at radius 3 is 2.67 bits per heavy atom. The highest BCUT2D eigenvalue weighted by Gasteiger charge is 1.98. The molecule has 2 N–H and O–H groups in total. The first-order valence-corrected chi connectivity index (χ1v) is 7.92. The van der Waals surface area contributed by atoms with Gasteiger partial charge in [-0.25, -0.2) is 9.98 Å². The second-order valence-electron chi connectivity index (χ2n) is 5.12. The third-order valence-electron chi connectivity index (χ3n) is 3.37. The zero-order valence-corrected chi connectivity index (χ0v) is 16.6. The summed E-state index contributed by atoms with van der Waals surface area (Å²) in [5.41, 5.74) is 1.15. The van der Waals surface area contributed by atoms with E-state index >= 15 is 0 Å². The van der Waals surface area contributed by atoms with Gasteiger partial charge in [-0.05, 0) is 31.0 Å². The molecule has 2 rings (SSSR count). The Hall–Kier alpha value is -1.77. The van der Waals surface area contributed by atoms with E-state index in [1.807, 2.05) is 36.8 Å². The molecule has 2 aromatic rings. The van der Waals surface area contributed by atoms with Crippen LogP contribution in [0.1, 0.15) is 18.9 Å². The smallest absolute Gasteiger partial charge is 0.191 e. The fraction of sp³-hybridized carbons (Fsp3) is 0.412. The molecule has 0 atom stereocenters.